The first kappa shape index (κ1) is 14.0. The third kappa shape index (κ3) is 3.58. The second kappa shape index (κ2) is 6.67. The van der Waals surface area contributed by atoms with Gasteiger partial charge in [0.15, 0.2) is 5.82 Å². The minimum Gasteiger partial charge on any atom is -0.365 e. The van der Waals surface area contributed by atoms with E-state index < -0.39 is 0 Å². The monoisotopic (exact) mass is 291 g/mol. The van der Waals surface area contributed by atoms with Crippen molar-refractivity contribution in [2.75, 3.05) is 10.6 Å². The minimum atomic E-state index is 0.479. The Morgan fingerprint density at radius 2 is 1.73 bits per heavy atom. The molecule has 0 unspecified atom stereocenters. The summed E-state index contributed by atoms with van der Waals surface area (Å²) in [6.07, 6.45) is 1.62. The summed E-state index contributed by atoms with van der Waals surface area (Å²) in [7, 11) is 0. The molecule has 3 rings (SSSR count). The molecule has 0 bridgehead atoms. The van der Waals surface area contributed by atoms with Crippen molar-refractivity contribution in [1.82, 2.24) is 15.2 Å². The maximum absolute atomic E-state index is 4.43. The fraction of sp³-hybridized carbons (Fsp3) is 0.118. The zero-order valence-electron chi connectivity index (χ0n) is 12.3. The van der Waals surface area contributed by atoms with Crippen LogP contribution in [-0.4, -0.2) is 15.2 Å². The molecule has 0 fully saturated rings. The van der Waals surface area contributed by atoms with Crippen LogP contribution in [0.3, 0.4) is 0 Å². The smallest absolute Gasteiger partial charge is 0.249 e. The van der Waals surface area contributed by atoms with Crippen LogP contribution in [0, 0.1) is 6.92 Å². The van der Waals surface area contributed by atoms with Gasteiger partial charge in [0, 0.05) is 12.2 Å². The van der Waals surface area contributed by atoms with E-state index >= 15 is 0 Å². The van der Waals surface area contributed by atoms with Gasteiger partial charge < -0.3 is 10.6 Å². The number of hydrogen-bond acceptors (Lipinski definition) is 5. The van der Waals surface area contributed by atoms with Gasteiger partial charge in [-0.15, -0.1) is 5.10 Å². The van der Waals surface area contributed by atoms with Crippen LogP contribution in [0.1, 0.15) is 11.1 Å². The summed E-state index contributed by atoms with van der Waals surface area (Å²) < 4.78 is 0. The fourth-order valence-corrected chi connectivity index (χ4v) is 2.06. The molecule has 5 nitrogen and oxygen atoms in total. The summed E-state index contributed by atoms with van der Waals surface area (Å²) >= 11 is 0. The van der Waals surface area contributed by atoms with Gasteiger partial charge in [-0.25, -0.2) is 0 Å². The molecule has 0 aliphatic rings. The van der Waals surface area contributed by atoms with Gasteiger partial charge in [-0.2, -0.15) is 10.1 Å². The molecule has 110 valence electrons. The summed E-state index contributed by atoms with van der Waals surface area (Å²) in [5.41, 5.74) is 3.30. The van der Waals surface area contributed by atoms with E-state index in [1.54, 1.807) is 6.20 Å². The summed E-state index contributed by atoms with van der Waals surface area (Å²) in [4.78, 5) is 4.43. The summed E-state index contributed by atoms with van der Waals surface area (Å²) in [5.74, 6) is 1.17. The van der Waals surface area contributed by atoms with E-state index in [9.17, 15) is 0 Å². The summed E-state index contributed by atoms with van der Waals surface area (Å²) in [5, 5.41) is 14.4. The van der Waals surface area contributed by atoms with E-state index in [1.807, 2.05) is 49.4 Å². The Morgan fingerprint density at radius 1 is 0.955 bits per heavy atom. The zero-order chi connectivity index (χ0) is 15.2. The van der Waals surface area contributed by atoms with Gasteiger partial charge in [0.05, 0.1) is 6.20 Å². The lowest BCUT2D eigenvalue weighted by Crippen LogP contribution is -2.06. The average Bonchev–Trinajstić information content (AvgIpc) is 2.57. The number of para-hydroxylation sites is 1. The van der Waals surface area contributed by atoms with Crippen molar-refractivity contribution >= 4 is 17.5 Å². The number of nitrogens with zero attached hydrogens (tertiary/aromatic N) is 3. The highest BCUT2D eigenvalue weighted by Gasteiger charge is 2.03. The van der Waals surface area contributed by atoms with E-state index in [1.165, 1.54) is 5.56 Å². The Morgan fingerprint density at radius 3 is 2.55 bits per heavy atom. The maximum Gasteiger partial charge on any atom is 0.249 e. The van der Waals surface area contributed by atoms with Crippen LogP contribution in [0.4, 0.5) is 17.5 Å². The molecule has 0 radical (unpaired) electrons. The molecule has 22 heavy (non-hydrogen) atoms. The van der Waals surface area contributed by atoms with Gasteiger partial charge in [0.1, 0.15) is 0 Å². The second-order valence-corrected chi connectivity index (χ2v) is 4.94. The predicted molar refractivity (Wildman–Crippen MR) is 88.1 cm³/mol. The first-order valence-electron chi connectivity index (χ1n) is 7.11. The van der Waals surface area contributed by atoms with Gasteiger partial charge in [-0.05, 0) is 24.1 Å². The first-order chi connectivity index (χ1) is 10.8. The number of hydrogen-bond donors (Lipinski definition) is 2. The molecule has 0 saturated carbocycles. The van der Waals surface area contributed by atoms with Crippen molar-refractivity contribution in [2.45, 2.75) is 13.5 Å². The minimum absolute atomic E-state index is 0.479. The zero-order valence-corrected chi connectivity index (χ0v) is 12.3. The van der Waals surface area contributed by atoms with Crippen LogP contribution in [0.15, 0.2) is 60.8 Å². The Labute approximate surface area is 129 Å². The second-order valence-electron chi connectivity index (χ2n) is 4.94. The van der Waals surface area contributed by atoms with Crippen molar-refractivity contribution in [3.8, 4) is 0 Å². The molecule has 2 aromatic carbocycles. The van der Waals surface area contributed by atoms with Crippen LogP contribution in [0.5, 0.6) is 0 Å². The normalized spacial score (nSPS) is 10.2. The lowest BCUT2D eigenvalue weighted by atomic mass is 10.2. The molecular formula is C17H17N5. The summed E-state index contributed by atoms with van der Waals surface area (Å²) in [6, 6.07) is 18.1. The molecule has 0 aliphatic heterocycles. The molecular weight excluding hydrogens is 274 g/mol. The van der Waals surface area contributed by atoms with Crippen LogP contribution in [0.25, 0.3) is 0 Å². The van der Waals surface area contributed by atoms with E-state index in [0.717, 1.165) is 11.3 Å². The number of aryl methyl sites for hydroxylation is 1. The molecule has 0 spiro atoms. The molecule has 0 saturated heterocycles. The molecule has 1 aromatic heterocycles. The number of benzene rings is 2. The lowest BCUT2D eigenvalue weighted by molar-refractivity contribution is 0.965. The molecule has 1 heterocycles. The standard InChI is InChI=1S/C17H17N5/c1-13-7-5-6-10-15(13)20-17-21-16(12-19-22-17)18-11-14-8-3-2-4-9-14/h2-10,12H,11H2,1H3,(H2,18,20,21,22). The van der Waals surface area contributed by atoms with E-state index in [0.29, 0.717) is 18.3 Å². The first-order valence-corrected chi connectivity index (χ1v) is 7.11. The van der Waals surface area contributed by atoms with Gasteiger partial charge in [-0.3, -0.25) is 0 Å². The highest BCUT2D eigenvalue weighted by molar-refractivity contribution is 5.58. The van der Waals surface area contributed by atoms with Gasteiger partial charge in [0.25, 0.3) is 0 Å². The van der Waals surface area contributed by atoms with E-state index in [4.69, 9.17) is 0 Å². The maximum atomic E-state index is 4.43. The SMILES string of the molecule is Cc1ccccc1Nc1nncc(NCc2ccccc2)n1. The quantitative estimate of drug-likeness (QED) is 0.753. The Hall–Kier alpha value is -2.95. The Kier molecular flexibility index (Phi) is 4.25. The van der Waals surface area contributed by atoms with Crippen LogP contribution in [-0.2, 0) is 6.54 Å². The van der Waals surface area contributed by atoms with Gasteiger partial charge in [-0.1, -0.05) is 48.5 Å². The Balaban J connectivity index is 1.69. The third-order valence-corrected chi connectivity index (χ3v) is 3.27. The van der Waals surface area contributed by atoms with Crippen molar-refractivity contribution < 1.29 is 0 Å². The highest BCUT2D eigenvalue weighted by Crippen LogP contribution is 2.17. The van der Waals surface area contributed by atoms with Crippen molar-refractivity contribution in [1.29, 1.82) is 0 Å². The van der Waals surface area contributed by atoms with Crippen molar-refractivity contribution in [3.63, 3.8) is 0 Å². The van der Waals surface area contributed by atoms with Crippen LogP contribution < -0.4 is 10.6 Å². The molecule has 2 N–H and O–H groups in total. The molecule has 0 atom stereocenters. The van der Waals surface area contributed by atoms with Crippen LogP contribution in [0.2, 0.25) is 0 Å². The molecule has 0 amide bonds. The fourth-order valence-electron chi connectivity index (χ4n) is 2.06. The Bertz CT molecular complexity index is 743. The number of anilines is 3. The highest BCUT2D eigenvalue weighted by atomic mass is 15.3. The van der Waals surface area contributed by atoms with Crippen molar-refractivity contribution in [3.05, 3.63) is 71.9 Å². The van der Waals surface area contributed by atoms with Gasteiger partial charge in [0.2, 0.25) is 5.95 Å². The molecule has 0 aliphatic carbocycles. The van der Waals surface area contributed by atoms with E-state index in [2.05, 4.69) is 37.9 Å². The topological polar surface area (TPSA) is 62.7 Å². The van der Waals surface area contributed by atoms with Crippen LogP contribution >= 0.6 is 0 Å². The van der Waals surface area contributed by atoms with Gasteiger partial charge >= 0.3 is 0 Å². The van der Waals surface area contributed by atoms with E-state index in [-0.39, 0.29) is 0 Å². The lowest BCUT2D eigenvalue weighted by Gasteiger charge is -2.09. The predicted octanol–water partition coefficient (Wildman–Crippen LogP) is 3.54. The average molecular weight is 291 g/mol. The third-order valence-electron chi connectivity index (χ3n) is 3.27. The number of nitrogens with one attached hydrogen (secondary N) is 2. The number of rotatable bonds is 5. The molecule has 3 aromatic rings. The summed E-state index contributed by atoms with van der Waals surface area (Å²) in [6.45, 7) is 2.73. The largest absolute Gasteiger partial charge is 0.365 e. The molecule has 5 heteroatoms. The van der Waals surface area contributed by atoms with Crippen molar-refractivity contribution in [2.24, 2.45) is 0 Å². The number of aromatic nitrogens is 3.